The monoisotopic (exact) mass is 280 g/mol. The fourth-order valence-electron chi connectivity index (χ4n) is 2.30. The van der Waals surface area contributed by atoms with Crippen molar-refractivity contribution >= 4 is 11.6 Å². The van der Waals surface area contributed by atoms with Crippen molar-refractivity contribution in [2.45, 2.75) is 53.2 Å². The van der Waals surface area contributed by atoms with Crippen molar-refractivity contribution in [2.75, 3.05) is 24.3 Å². The van der Waals surface area contributed by atoms with Gasteiger partial charge in [0.25, 0.3) is 0 Å². The van der Waals surface area contributed by atoms with Gasteiger partial charge in [-0.2, -0.15) is 0 Å². The van der Waals surface area contributed by atoms with Crippen LogP contribution in [0.5, 0.6) is 0 Å². The van der Waals surface area contributed by atoms with E-state index in [1.807, 2.05) is 20.0 Å². The van der Waals surface area contributed by atoms with Gasteiger partial charge in [-0.25, -0.2) is 9.97 Å². The predicted octanol–water partition coefficient (Wildman–Crippen LogP) is 3.29. The average molecular weight is 280 g/mol. The third-order valence-electron chi connectivity index (χ3n) is 3.60. The lowest BCUT2D eigenvalue weighted by Crippen LogP contribution is -2.26. The smallest absolute Gasteiger partial charge is 0.158 e. The number of nitrogens with zero attached hydrogens (tertiary/aromatic N) is 2. The fourth-order valence-corrected chi connectivity index (χ4v) is 2.30. The molecule has 1 unspecified atom stereocenters. The van der Waals surface area contributed by atoms with Crippen LogP contribution in [0.25, 0.3) is 0 Å². The van der Waals surface area contributed by atoms with Crippen LogP contribution in [0.4, 0.5) is 11.6 Å². The summed E-state index contributed by atoms with van der Waals surface area (Å²) in [5.41, 5.74) is 0. The largest absolute Gasteiger partial charge is 0.374 e. The second-order valence-electron chi connectivity index (χ2n) is 4.95. The van der Waals surface area contributed by atoms with Crippen LogP contribution in [0.3, 0.4) is 0 Å². The molecule has 20 heavy (non-hydrogen) atoms. The van der Waals surface area contributed by atoms with Gasteiger partial charge in [0.15, 0.2) is 5.82 Å². The number of aromatic nitrogens is 2. The van der Waals surface area contributed by atoms with Gasteiger partial charge in [-0.3, -0.25) is 0 Å². The molecule has 1 heterocycles. The number of rotatable bonds is 9. The predicted molar refractivity (Wildman–Crippen MR) is 84.1 cm³/mol. The molecule has 0 amide bonds. The topological polar surface area (TPSA) is 59.1 Å². The van der Waals surface area contributed by atoms with Crippen molar-refractivity contribution in [3.63, 3.8) is 0 Å². The Labute approximate surface area is 122 Å². The molecule has 0 bridgehead atoms. The second-order valence-corrected chi connectivity index (χ2v) is 4.95. The van der Waals surface area contributed by atoms with E-state index in [0.717, 1.165) is 11.6 Å². The molecule has 114 valence electrons. The first-order valence-electron chi connectivity index (χ1n) is 7.54. The standard InChI is InChI=1S/C15H28N4O/c1-6-12(7-2)11(4)17-14-9-13(16-5)18-15(19-14)10-20-8-3/h9,11-12H,6-8,10H2,1-5H3,(H2,16,17,18,19). The maximum absolute atomic E-state index is 5.39. The summed E-state index contributed by atoms with van der Waals surface area (Å²) in [7, 11) is 1.86. The molecule has 0 radical (unpaired) electrons. The Morgan fingerprint density at radius 2 is 1.80 bits per heavy atom. The van der Waals surface area contributed by atoms with Crippen molar-refractivity contribution in [1.82, 2.24) is 9.97 Å². The number of nitrogens with one attached hydrogen (secondary N) is 2. The fraction of sp³-hybridized carbons (Fsp3) is 0.733. The molecule has 0 fully saturated rings. The summed E-state index contributed by atoms with van der Waals surface area (Å²) in [6, 6.07) is 2.33. The molecule has 0 saturated carbocycles. The van der Waals surface area contributed by atoms with Gasteiger partial charge in [0.2, 0.25) is 0 Å². The van der Waals surface area contributed by atoms with Crippen LogP contribution in [0, 0.1) is 5.92 Å². The van der Waals surface area contributed by atoms with Crippen LogP contribution in [0.15, 0.2) is 6.07 Å². The van der Waals surface area contributed by atoms with Gasteiger partial charge < -0.3 is 15.4 Å². The summed E-state index contributed by atoms with van der Waals surface area (Å²) in [5.74, 6) is 3.03. The van der Waals surface area contributed by atoms with Crippen LogP contribution >= 0.6 is 0 Å². The molecule has 1 atom stereocenters. The summed E-state index contributed by atoms with van der Waals surface area (Å²) in [6.45, 7) is 9.75. The highest BCUT2D eigenvalue weighted by Gasteiger charge is 2.14. The SMILES string of the molecule is CCOCc1nc(NC)cc(NC(C)C(CC)CC)n1. The van der Waals surface area contributed by atoms with Crippen LogP contribution in [-0.4, -0.2) is 29.7 Å². The highest BCUT2D eigenvalue weighted by Crippen LogP contribution is 2.18. The van der Waals surface area contributed by atoms with Crippen LogP contribution in [0.1, 0.15) is 46.4 Å². The Kier molecular flexibility index (Phi) is 7.30. The number of hydrogen-bond donors (Lipinski definition) is 2. The lowest BCUT2D eigenvalue weighted by molar-refractivity contribution is 0.128. The Morgan fingerprint density at radius 3 is 2.35 bits per heavy atom. The highest BCUT2D eigenvalue weighted by atomic mass is 16.5. The normalized spacial score (nSPS) is 12.5. The summed E-state index contributed by atoms with van der Waals surface area (Å²) < 4.78 is 5.39. The van der Waals surface area contributed by atoms with Gasteiger partial charge in [0, 0.05) is 25.8 Å². The minimum atomic E-state index is 0.393. The molecular formula is C15H28N4O. The molecule has 0 aliphatic heterocycles. The molecule has 0 saturated heterocycles. The van der Waals surface area contributed by atoms with E-state index >= 15 is 0 Å². The molecule has 0 aliphatic carbocycles. The van der Waals surface area contributed by atoms with E-state index in [-0.39, 0.29) is 0 Å². The average Bonchev–Trinajstić information content (AvgIpc) is 2.46. The van der Waals surface area contributed by atoms with Gasteiger partial charge in [-0.15, -0.1) is 0 Å². The highest BCUT2D eigenvalue weighted by molar-refractivity contribution is 5.47. The molecule has 1 aromatic rings. The summed E-state index contributed by atoms with van der Waals surface area (Å²) >= 11 is 0. The van der Waals surface area contributed by atoms with E-state index in [9.17, 15) is 0 Å². The van der Waals surface area contributed by atoms with Gasteiger partial charge >= 0.3 is 0 Å². The van der Waals surface area contributed by atoms with Gasteiger partial charge in [-0.05, 0) is 19.8 Å². The second kappa shape index (κ2) is 8.74. The molecule has 1 rings (SSSR count). The maximum Gasteiger partial charge on any atom is 0.158 e. The third kappa shape index (κ3) is 4.96. The molecule has 2 N–H and O–H groups in total. The van der Waals surface area contributed by atoms with Crippen molar-refractivity contribution < 1.29 is 4.74 Å². The Bertz CT molecular complexity index is 393. The lowest BCUT2D eigenvalue weighted by Gasteiger charge is -2.23. The maximum atomic E-state index is 5.39. The van der Waals surface area contributed by atoms with Gasteiger partial charge in [0.1, 0.15) is 18.2 Å². The van der Waals surface area contributed by atoms with Crippen molar-refractivity contribution in [3.8, 4) is 0 Å². The van der Waals surface area contributed by atoms with Crippen molar-refractivity contribution in [3.05, 3.63) is 11.9 Å². The van der Waals surface area contributed by atoms with E-state index in [1.165, 1.54) is 12.8 Å². The van der Waals surface area contributed by atoms with E-state index in [2.05, 4.69) is 41.4 Å². The molecule has 0 spiro atoms. The van der Waals surface area contributed by atoms with E-state index in [4.69, 9.17) is 4.74 Å². The molecule has 5 nitrogen and oxygen atoms in total. The van der Waals surface area contributed by atoms with E-state index in [0.29, 0.717) is 31.0 Å². The third-order valence-corrected chi connectivity index (χ3v) is 3.60. The summed E-state index contributed by atoms with van der Waals surface area (Å²) in [4.78, 5) is 8.92. The number of ether oxygens (including phenoxy) is 1. The van der Waals surface area contributed by atoms with Crippen LogP contribution < -0.4 is 10.6 Å². The minimum Gasteiger partial charge on any atom is -0.374 e. The number of anilines is 2. The van der Waals surface area contributed by atoms with E-state index in [1.54, 1.807) is 0 Å². The molecule has 5 heteroatoms. The zero-order valence-electron chi connectivity index (χ0n) is 13.4. The van der Waals surface area contributed by atoms with Crippen LogP contribution in [0.2, 0.25) is 0 Å². The first-order valence-corrected chi connectivity index (χ1v) is 7.54. The molecule has 0 aliphatic rings. The van der Waals surface area contributed by atoms with Crippen LogP contribution in [-0.2, 0) is 11.3 Å². The zero-order valence-corrected chi connectivity index (χ0v) is 13.4. The summed E-state index contributed by atoms with van der Waals surface area (Å²) in [5, 5.41) is 6.56. The molecule has 1 aromatic heterocycles. The number of hydrogen-bond acceptors (Lipinski definition) is 5. The Hall–Kier alpha value is -1.36. The lowest BCUT2D eigenvalue weighted by atomic mass is 9.95. The first kappa shape index (κ1) is 16.7. The zero-order chi connectivity index (χ0) is 15.0. The summed E-state index contributed by atoms with van der Waals surface area (Å²) in [6.07, 6.45) is 2.33. The quantitative estimate of drug-likeness (QED) is 0.727. The van der Waals surface area contributed by atoms with Crippen molar-refractivity contribution in [2.24, 2.45) is 5.92 Å². The van der Waals surface area contributed by atoms with Crippen molar-refractivity contribution in [1.29, 1.82) is 0 Å². The minimum absolute atomic E-state index is 0.393. The first-order chi connectivity index (χ1) is 9.64. The molecule has 0 aromatic carbocycles. The van der Waals surface area contributed by atoms with Gasteiger partial charge in [0.05, 0.1) is 0 Å². The Morgan fingerprint density at radius 1 is 1.15 bits per heavy atom. The van der Waals surface area contributed by atoms with Gasteiger partial charge in [-0.1, -0.05) is 26.7 Å². The Balaban J connectivity index is 2.82. The van der Waals surface area contributed by atoms with E-state index < -0.39 is 0 Å². The molecular weight excluding hydrogens is 252 g/mol.